The lowest BCUT2D eigenvalue weighted by Gasteiger charge is -2.35. The van der Waals surface area contributed by atoms with Crippen LogP contribution in [0, 0.1) is 6.92 Å². The van der Waals surface area contributed by atoms with Crippen LogP contribution >= 0.6 is 7.44 Å². The largest absolute Gasteiger partial charge is 0.304 e. The maximum atomic E-state index is 15.2. The Bertz CT molecular complexity index is 1260. The number of para-hydroxylation sites is 3. The molecule has 2 aliphatic rings. The van der Waals surface area contributed by atoms with E-state index in [9.17, 15) is 9.59 Å². The molecule has 1 atom stereocenters. The number of amides is 2. The Morgan fingerprint density at radius 3 is 1.86 bits per heavy atom. The van der Waals surface area contributed by atoms with Crippen LogP contribution in [0.25, 0.3) is 0 Å². The van der Waals surface area contributed by atoms with E-state index in [0.717, 1.165) is 22.5 Å². The first-order valence-corrected chi connectivity index (χ1v) is 13.7. The fraction of sp³-hybridized carbons (Fsp3) is 0.286. The molecule has 2 fully saturated rings. The number of carbonyl (C=O) groups excluding carboxylic acids is 2. The fourth-order valence-corrected chi connectivity index (χ4v) is 8.71. The van der Waals surface area contributed by atoms with Crippen molar-refractivity contribution in [2.45, 2.75) is 38.8 Å². The standard InChI is InChI=1S/C28H30N3O3P/c1-20(2)24-16-10-11-21(3)27(24)31-26(32)19-25(28(31)33)35(34)29(22-12-6-4-7-13-22)17-18-30(35)23-14-8-5-9-15-23/h4-16,20,25H,17-19H2,1-3H3. The fourth-order valence-electron chi connectivity index (χ4n) is 5.30. The molecule has 2 aliphatic heterocycles. The minimum absolute atomic E-state index is 0.0748. The smallest absolute Gasteiger partial charge is 0.275 e. The number of benzene rings is 3. The van der Waals surface area contributed by atoms with Crippen LogP contribution in [0.4, 0.5) is 17.1 Å². The summed E-state index contributed by atoms with van der Waals surface area (Å²) >= 11 is 0. The van der Waals surface area contributed by atoms with Gasteiger partial charge < -0.3 is 9.34 Å². The molecule has 0 saturated carbocycles. The van der Waals surface area contributed by atoms with E-state index in [4.69, 9.17) is 0 Å². The first kappa shape index (κ1) is 23.4. The molecule has 6 nitrogen and oxygen atoms in total. The summed E-state index contributed by atoms with van der Waals surface area (Å²) in [6.07, 6.45) is -0.0748. The van der Waals surface area contributed by atoms with E-state index >= 15 is 4.57 Å². The summed E-state index contributed by atoms with van der Waals surface area (Å²) in [5, 5.41) is 0. The van der Waals surface area contributed by atoms with Gasteiger partial charge in [-0.3, -0.25) is 14.2 Å². The van der Waals surface area contributed by atoms with E-state index in [0.29, 0.717) is 18.8 Å². The highest BCUT2D eigenvalue weighted by Gasteiger charge is 2.58. The summed E-state index contributed by atoms with van der Waals surface area (Å²) in [6, 6.07) is 24.9. The van der Waals surface area contributed by atoms with E-state index in [2.05, 4.69) is 0 Å². The number of carbonyl (C=O) groups is 2. The van der Waals surface area contributed by atoms with Crippen molar-refractivity contribution in [3.05, 3.63) is 90.0 Å². The van der Waals surface area contributed by atoms with Gasteiger partial charge in [0.05, 0.1) is 5.69 Å². The summed E-state index contributed by atoms with van der Waals surface area (Å²) in [7, 11) is -3.53. The average Bonchev–Trinajstić information content (AvgIpc) is 3.36. The van der Waals surface area contributed by atoms with Gasteiger partial charge in [0.1, 0.15) is 5.66 Å². The van der Waals surface area contributed by atoms with E-state index in [1.165, 1.54) is 4.90 Å². The van der Waals surface area contributed by atoms with Crippen LogP contribution in [0.1, 0.15) is 37.3 Å². The van der Waals surface area contributed by atoms with Gasteiger partial charge in [0.15, 0.2) is 0 Å². The lowest BCUT2D eigenvalue weighted by molar-refractivity contribution is -0.121. The molecule has 0 bridgehead atoms. The first-order valence-electron chi connectivity index (χ1n) is 12.1. The molecular weight excluding hydrogens is 457 g/mol. The second kappa shape index (κ2) is 9.01. The van der Waals surface area contributed by atoms with Crippen LogP contribution in [0.15, 0.2) is 78.9 Å². The number of rotatable bonds is 5. The molecule has 2 heterocycles. The predicted molar refractivity (Wildman–Crippen MR) is 141 cm³/mol. The number of nitrogens with zero attached hydrogens (tertiary/aromatic N) is 3. The SMILES string of the molecule is Cc1cccc(C(C)C)c1N1C(=O)CC(P2(=O)N(c3ccccc3)CCN2c2ccccc2)C1=O. The van der Waals surface area contributed by atoms with Crippen molar-refractivity contribution in [1.82, 2.24) is 0 Å². The van der Waals surface area contributed by atoms with Crippen molar-refractivity contribution >= 4 is 36.3 Å². The van der Waals surface area contributed by atoms with Gasteiger partial charge >= 0.3 is 0 Å². The van der Waals surface area contributed by atoms with Gasteiger partial charge in [-0.2, -0.15) is 0 Å². The molecule has 5 rings (SSSR count). The lowest BCUT2D eigenvalue weighted by Crippen LogP contribution is -2.37. The minimum Gasteiger partial charge on any atom is -0.304 e. The average molecular weight is 488 g/mol. The minimum atomic E-state index is -3.53. The van der Waals surface area contributed by atoms with E-state index in [1.54, 1.807) is 0 Å². The highest BCUT2D eigenvalue weighted by atomic mass is 31.2. The lowest BCUT2D eigenvalue weighted by atomic mass is 9.97. The second-order valence-electron chi connectivity index (χ2n) is 9.46. The molecule has 1 unspecified atom stereocenters. The third-order valence-corrected chi connectivity index (χ3v) is 10.4. The highest BCUT2D eigenvalue weighted by molar-refractivity contribution is 7.69. The van der Waals surface area contributed by atoms with E-state index in [-0.39, 0.29) is 24.2 Å². The predicted octanol–water partition coefficient (Wildman–Crippen LogP) is 5.97. The molecule has 0 aromatic heterocycles. The summed E-state index contributed by atoms with van der Waals surface area (Å²) in [5.74, 6) is -0.536. The maximum Gasteiger partial charge on any atom is 0.275 e. The van der Waals surface area contributed by atoms with Crippen molar-refractivity contribution in [2.24, 2.45) is 0 Å². The molecule has 2 amide bonds. The van der Waals surface area contributed by atoms with Gasteiger partial charge in [0, 0.05) is 30.9 Å². The summed E-state index contributed by atoms with van der Waals surface area (Å²) in [5.41, 5.74) is 3.10. The second-order valence-corrected chi connectivity index (χ2v) is 12.2. The van der Waals surface area contributed by atoms with Crippen molar-refractivity contribution in [1.29, 1.82) is 0 Å². The zero-order valence-electron chi connectivity index (χ0n) is 20.3. The molecule has 0 aliphatic carbocycles. The monoisotopic (exact) mass is 487 g/mol. The summed E-state index contributed by atoms with van der Waals surface area (Å²) in [4.78, 5) is 28.8. The third-order valence-electron chi connectivity index (χ3n) is 6.97. The number of hydrogen-bond acceptors (Lipinski definition) is 3. The first-order chi connectivity index (χ1) is 16.8. The van der Waals surface area contributed by atoms with Crippen LogP contribution in [0.5, 0.6) is 0 Å². The molecular formula is C28H30N3O3P. The van der Waals surface area contributed by atoms with E-state index in [1.807, 2.05) is 109 Å². The molecule has 7 heteroatoms. The van der Waals surface area contributed by atoms with Crippen molar-refractivity contribution in [2.75, 3.05) is 27.3 Å². The Labute approximate surface area is 206 Å². The molecule has 180 valence electrons. The number of anilines is 3. The Balaban J connectivity index is 1.63. The molecule has 3 aromatic rings. The van der Waals surface area contributed by atoms with Gasteiger partial charge in [-0.25, -0.2) is 4.90 Å². The molecule has 0 radical (unpaired) electrons. The molecule has 35 heavy (non-hydrogen) atoms. The zero-order chi connectivity index (χ0) is 24.7. The van der Waals surface area contributed by atoms with Crippen molar-refractivity contribution in [3.8, 4) is 0 Å². The number of aryl methyl sites for hydroxylation is 1. The Morgan fingerprint density at radius 2 is 1.34 bits per heavy atom. The number of hydrogen-bond donors (Lipinski definition) is 0. The highest BCUT2D eigenvalue weighted by Crippen LogP contribution is 2.65. The Hall–Kier alpha value is -3.37. The van der Waals surface area contributed by atoms with Gasteiger partial charge in [-0.15, -0.1) is 0 Å². The van der Waals surface area contributed by atoms with Crippen LogP contribution in [-0.2, 0) is 14.2 Å². The van der Waals surface area contributed by atoms with E-state index < -0.39 is 13.1 Å². The summed E-state index contributed by atoms with van der Waals surface area (Å²) in [6.45, 7) is 7.03. The van der Waals surface area contributed by atoms with Gasteiger partial charge in [0.2, 0.25) is 11.8 Å². The molecule has 2 saturated heterocycles. The zero-order valence-corrected chi connectivity index (χ0v) is 21.2. The third kappa shape index (κ3) is 3.77. The van der Waals surface area contributed by atoms with Gasteiger partial charge in [0.25, 0.3) is 7.44 Å². The topological polar surface area (TPSA) is 60.9 Å². The molecule has 3 aromatic carbocycles. The normalized spacial score (nSPS) is 19.8. The number of imide groups is 1. The maximum absolute atomic E-state index is 15.2. The van der Waals surface area contributed by atoms with Gasteiger partial charge in [-0.1, -0.05) is 68.4 Å². The van der Waals surface area contributed by atoms with Crippen LogP contribution < -0.4 is 14.2 Å². The van der Waals surface area contributed by atoms with Crippen molar-refractivity contribution < 1.29 is 14.2 Å². The quantitative estimate of drug-likeness (QED) is 0.328. The summed E-state index contributed by atoms with van der Waals surface area (Å²) < 4.78 is 18.9. The van der Waals surface area contributed by atoms with Crippen LogP contribution in [-0.4, -0.2) is 30.6 Å². The molecule has 0 N–H and O–H groups in total. The van der Waals surface area contributed by atoms with Crippen LogP contribution in [0.2, 0.25) is 0 Å². The van der Waals surface area contributed by atoms with Crippen LogP contribution in [0.3, 0.4) is 0 Å². The van der Waals surface area contributed by atoms with Crippen molar-refractivity contribution in [3.63, 3.8) is 0 Å². The Morgan fingerprint density at radius 1 is 0.800 bits per heavy atom. The molecule has 0 spiro atoms. The van der Waals surface area contributed by atoms with Gasteiger partial charge in [-0.05, 0) is 48.2 Å². The Kier molecular flexibility index (Phi) is 6.02.